The van der Waals surface area contributed by atoms with Crippen molar-refractivity contribution in [3.63, 3.8) is 0 Å². The molecule has 1 aliphatic rings. The minimum atomic E-state index is -0.331. The van der Waals surface area contributed by atoms with Crippen molar-refractivity contribution < 1.29 is 9.84 Å². The molecule has 0 radical (unpaired) electrons. The van der Waals surface area contributed by atoms with E-state index < -0.39 is 0 Å². The van der Waals surface area contributed by atoms with Crippen LogP contribution in [0.5, 0.6) is 0 Å². The monoisotopic (exact) mass is 247 g/mol. The van der Waals surface area contributed by atoms with Crippen molar-refractivity contribution in [3.05, 3.63) is 0 Å². The first kappa shape index (κ1) is 14.3. The molecule has 2 atom stereocenters. The Hall–Kier alpha value is 0.230. The lowest BCUT2D eigenvalue weighted by atomic mass is 10.2. The maximum atomic E-state index is 9.85. The number of hydrogen-bond acceptors (Lipinski definition) is 4. The Morgan fingerprint density at radius 2 is 2.38 bits per heavy atom. The van der Waals surface area contributed by atoms with Gasteiger partial charge in [0.05, 0.1) is 12.7 Å². The number of aliphatic hydroxyl groups is 1. The molecule has 0 bridgehead atoms. The van der Waals surface area contributed by atoms with Gasteiger partial charge < -0.3 is 9.84 Å². The lowest BCUT2D eigenvalue weighted by Gasteiger charge is -2.34. The first-order valence-electron chi connectivity index (χ1n) is 6.31. The van der Waals surface area contributed by atoms with Gasteiger partial charge in [-0.2, -0.15) is 11.8 Å². The highest BCUT2D eigenvalue weighted by molar-refractivity contribution is 7.99. The summed E-state index contributed by atoms with van der Waals surface area (Å²) >= 11 is 2.00. The van der Waals surface area contributed by atoms with E-state index in [0.29, 0.717) is 12.6 Å². The lowest BCUT2D eigenvalue weighted by molar-refractivity contribution is 0.0114. The molecule has 0 aromatic heterocycles. The van der Waals surface area contributed by atoms with Crippen LogP contribution in [-0.4, -0.2) is 60.0 Å². The predicted molar refractivity (Wildman–Crippen MR) is 70.1 cm³/mol. The van der Waals surface area contributed by atoms with Gasteiger partial charge in [-0.15, -0.1) is 0 Å². The van der Waals surface area contributed by atoms with E-state index in [1.807, 2.05) is 11.8 Å². The average Bonchev–Trinajstić information content (AvgIpc) is 2.28. The van der Waals surface area contributed by atoms with E-state index in [0.717, 1.165) is 32.5 Å². The Bertz CT molecular complexity index is 180. The second-order valence-corrected chi connectivity index (χ2v) is 5.65. The van der Waals surface area contributed by atoms with E-state index in [2.05, 4.69) is 18.7 Å². The van der Waals surface area contributed by atoms with E-state index in [1.165, 1.54) is 11.5 Å². The van der Waals surface area contributed by atoms with Gasteiger partial charge >= 0.3 is 0 Å². The summed E-state index contributed by atoms with van der Waals surface area (Å²) < 4.78 is 5.43. The quantitative estimate of drug-likeness (QED) is 0.693. The Morgan fingerprint density at radius 3 is 3.06 bits per heavy atom. The minimum absolute atomic E-state index is 0.331. The first-order chi connectivity index (χ1) is 7.74. The van der Waals surface area contributed by atoms with Crippen LogP contribution in [0.4, 0.5) is 0 Å². The van der Waals surface area contributed by atoms with Gasteiger partial charge in [0.2, 0.25) is 0 Å². The SMILES string of the molecule is CCCCOCC(O)CN1CCSCC1C. The normalized spacial score (nSPS) is 24.6. The van der Waals surface area contributed by atoms with E-state index in [-0.39, 0.29) is 6.10 Å². The maximum absolute atomic E-state index is 9.85. The fourth-order valence-corrected chi connectivity index (χ4v) is 2.90. The number of rotatable bonds is 7. The number of aliphatic hydroxyl groups excluding tert-OH is 1. The smallest absolute Gasteiger partial charge is 0.0900 e. The summed E-state index contributed by atoms with van der Waals surface area (Å²) in [7, 11) is 0. The molecule has 96 valence electrons. The number of nitrogens with zero attached hydrogens (tertiary/aromatic N) is 1. The average molecular weight is 247 g/mol. The van der Waals surface area contributed by atoms with Crippen molar-refractivity contribution in [1.82, 2.24) is 4.90 Å². The van der Waals surface area contributed by atoms with E-state index in [1.54, 1.807) is 0 Å². The molecule has 1 heterocycles. The molecule has 0 aromatic carbocycles. The van der Waals surface area contributed by atoms with E-state index in [4.69, 9.17) is 4.74 Å². The molecule has 1 aliphatic heterocycles. The largest absolute Gasteiger partial charge is 0.389 e. The zero-order valence-corrected chi connectivity index (χ0v) is 11.3. The van der Waals surface area contributed by atoms with Gasteiger partial charge in [-0.25, -0.2) is 0 Å². The summed E-state index contributed by atoms with van der Waals surface area (Å²) in [6.07, 6.45) is 1.90. The van der Waals surface area contributed by atoms with Gasteiger partial charge in [0.25, 0.3) is 0 Å². The van der Waals surface area contributed by atoms with Crippen molar-refractivity contribution in [2.75, 3.05) is 37.8 Å². The first-order valence-corrected chi connectivity index (χ1v) is 7.47. The Morgan fingerprint density at radius 1 is 1.56 bits per heavy atom. The second kappa shape index (κ2) is 8.34. The molecule has 1 fully saturated rings. The third-order valence-corrected chi connectivity index (χ3v) is 4.09. The van der Waals surface area contributed by atoms with Crippen LogP contribution in [0, 0.1) is 0 Å². The van der Waals surface area contributed by atoms with Crippen LogP contribution in [0.1, 0.15) is 26.7 Å². The molecule has 0 aromatic rings. The van der Waals surface area contributed by atoms with Crippen LogP contribution in [0.25, 0.3) is 0 Å². The summed E-state index contributed by atoms with van der Waals surface area (Å²) in [5.74, 6) is 2.37. The molecule has 0 spiro atoms. The van der Waals surface area contributed by atoms with E-state index in [9.17, 15) is 5.11 Å². The molecule has 3 nitrogen and oxygen atoms in total. The predicted octanol–water partition coefficient (Wildman–Crippen LogP) is 1.60. The Balaban J connectivity index is 2.09. The van der Waals surface area contributed by atoms with Crippen LogP contribution >= 0.6 is 11.8 Å². The Kier molecular flexibility index (Phi) is 7.45. The third-order valence-electron chi connectivity index (χ3n) is 2.90. The fourth-order valence-electron chi connectivity index (χ4n) is 1.82. The number of β-amino-alcohol motifs (C(OH)–C–C–N with tert-alkyl or cyclic N) is 1. The van der Waals surface area contributed by atoms with Crippen molar-refractivity contribution in [1.29, 1.82) is 0 Å². The molecule has 1 rings (SSSR count). The fraction of sp³-hybridized carbons (Fsp3) is 1.00. The summed E-state index contributed by atoms with van der Waals surface area (Å²) in [5.41, 5.74) is 0. The van der Waals surface area contributed by atoms with Crippen molar-refractivity contribution in [3.8, 4) is 0 Å². The van der Waals surface area contributed by atoms with Crippen molar-refractivity contribution in [2.45, 2.75) is 38.8 Å². The van der Waals surface area contributed by atoms with Gasteiger partial charge in [-0.3, -0.25) is 4.90 Å². The van der Waals surface area contributed by atoms with E-state index >= 15 is 0 Å². The van der Waals surface area contributed by atoms with Gasteiger partial charge in [-0.05, 0) is 13.3 Å². The zero-order valence-electron chi connectivity index (χ0n) is 10.5. The maximum Gasteiger partial charge on any atom is 0.0900 e. The molecule has 4 heteroatoms. The lowest BCUT2D eigenvalue weighted by Crippen LogP contribution is -2.45. The third kappa shape index (κ3) is 5.53. The molecule has 0 amide bonds. The van der Waals surface area contributed by atoms with Gasteiger partial charge in [0, 0.05) is 37.2 Å². The summed E-state index contributed by atoms with van der Waals surface area (Å²) in [6, 6.07) is 0.587. The molecule has 2 unspecified atom stereocenters. The molecule has 1 N–H and O–H groups in total. The molecular weight excluding hydrogens is 222 g/mol. The molecular formula is C12H25NO2S. The number of ether oxygens (including phenoxy) is 1. The number of unbranched alkanes of at least 4 members (excludes halogenated alkanes) is 1. The van der Waals surface area contributed by atoms with Gasteiger partial charge in [0.15, 0.2) is 0 Å². The second-order valence-electron chi connectivity index (χ2n) is 4.50. The van der Waals surface area contributed by atoms with Gasteiger partial charge in [0.1, 0.15) is 0 Å². The van der Waals surface area contributed by atoms with Crippen LogP contribution in [0.15, 0.2) is 0 Å². The number of thioether (sulfide) groups is 1. The summed E-state index contributed by atoms with van der Waals surface area (Å²) in [4.78, 5) is 2.37. The molecule has 0 aliphatic carbocycles. The topological polar surface area (TPSA) is 32.7 Å². The molecule has 1 saturated heterocycles. The standard InChI is InChI=1S/C12H25NO2S/c1-3-4-6-15-9-12(14)8-13-5-7-16-10-11(13)2/h11-12,14H,3-10H2,1-2H3. The van der Waals surface area contributed by atoms with Crippen LogP contribution < -0.4 is 0 Å². The highest BCUT2D eigenvalue weighted by atomic mass is 32.2. The summed E-state index contributed by atoms with van der Waals surface area (Å²) in [6.45, 7) is 7.49. The van der Waals surface area contributed by atoms with Crippen LogP contribution in [-0.2, 0) is 4.74 Å². The number of hydrogen-bond donors (Lipinski definition) is 1. The zero-order chi connectivity index (χ0) is 11.8. The molecule has 16 heavy (non-hydrogen) atoms. The Labute approximate surface area is 104 Å². The van der Waals surface area contributed by atoms with Crippen LogP contribution in [0.3, 0.4) is 0 Å². The highest BCUT2D eigenvalue weighted by Gasteiger charge is 2.20. The summed E-state index contributed by atoms with van der Waals surface area (Å²) in [5, 5.41) is 9.85. The minimum Gasteiger partial charge on any atom is -0.389 e. The van der Waals surface area contributed by atoms with Crippen molar-refractivity contribution >= 4 is 11.8 Å². The molecule has 0 saturated carbocycles. The van der Waals surface area contributed by atoms with Crippen LogP contribution in [0.2, 0.25) is 0 Å². The van der Waals surface area contributed by atoms with Gasteiger partial charge in [-0.1, -0.05) is 13.3 Å². The van der Waals surface area contributed by atoms with Crippen molar-refractivity contribution in [2.24, 2.45) is 0 Å². The highest BCUT2D eigenvalue weighted by Crippen LogP contribution is 2.15.